The maximum atomic E-state index is 12.3. The second kappa shape index (κ2) is 5.77. The number of halogens is 1. The van der Waals surface area contributed by atoms with Gasteiger partial charge >= 0.3 is 0 Å². The Morgan fingerprint density at radius 3 is 2.95 bits per heavy atom. The van der Waals surface area contributed by atoms with Gasteiger partial charge in [-0.2, -0.15) is 10.4 Å². The Labute approximate surface area is 140 Å². The number of thiophene rings is 1. The highest BCUT2D eigenvalue weighted by Crippen LogP contribution is 2.37. The molecule has 0 bridgehead atoms. The van der Waals surface area contributed by atoms with Crippen LogP contribution in [0.15, 0.2) is 6.20 Å². The number of nitriles is 1. The number of nitrogens with one attached hydrogen (secondary N) is 1. The van der Waals surface area contributed by atoms with Gasteiger partial charge in [0.25, 0.3) is 5.91 Å². The summed E-state index contributed by atoms with van der Waals surface area (Å²) in [5.41, 5.74) is 2.15. The first-order valence-electron chi connectivity index (χ1n) is 6.65. The molecule has 0 atom stereocenters. The van der Waals surface area contributed by atoms with Crippen LogP contribution in [0.3, 0.4) is 0 Å². The molecule has 0 aromatic carbocycles. The number of aryl methyl sites for hydroxylation is 2. The molecule has 108 valence electrons. The molecule has 0 fully saturated rings. The molecule has 0 saturated carbocycles. The Balaban J connectivity index is 1.92. The van der Waals surface area contributed by atoms with Gasteiger partial charge in [0.05, 0.1) is 9.13 Å². The number of fused-ring (bicyclic) bond motifs is 1. The fraction of sp³-hybridized carbons (Fsp3) is 0.357. The Bertz CT molecular complexity index is 756. The Morgan fingerprint density at radius 2 is 2.29 bits per heavy atom. The minimum absolute atomic E-state index is 0.255. The molecule has 0 spiro atoms. The molecule has 0 aliphatic heterocycles. The van der Waals surface area contributed by atoms with Crippen LogP contribution in [0.4, 0.5) is 5.00 Å². The molecular weight excluding hydrogens is 399 g/mol. The smallest absolute Gasteiger partial charge is 0.277 e. The SMILES string of the molecule is Cn1cc(I)c(C(=O)Nc2sc3c(c2C#N)CCCC3)n1. The zero-order valence-corrected chi connectivity index (χ0v) is 14.4. The molecule has 1 N–H and O–H groups in total. The highest BCUT2D eigenvalue weighted by atomic mass is 127. The van der Waals surface area contributed by atoms with Gasteiger partial charge < -0.3 is 5.32 Å². The molecule has 2 aromatic rings. The van der Waals surface area contributed by atoms with Gasteiger partial charge in [-0.05, 0) is 53.8 Å². The van der Waals surface area contributed by atoms with Crippen LogP contribution in [-0.4, -0.2) is 15.7 Å². The highest BCUT2D eigenvalue weighted by Gasteiger charge is 2.23. The van der Waals surface area contributed by atoms with E-state index in [4.69, 9.17) is 0 Å². The molecule has 2 aromatic heterocycles. The number of amides is 1. The van der Waals surface area contributed by atoms with Crippen molar-refractivity contribution in [3.8, 4) is 6.07 Å². The summed E-state index contributed by atoms with van der Waals surface area (Å²) in [6.07, 6.45) is 6.01. The number of carbonyl (C=O) groups excluding carboxylic acids is 1. The molecule has 0 unspecified atom stereocenters. The molecule has 0 radical (unpaired) electrons. The van der Waals surface area contributed by atoms with Crippen molar-refractivity contribution in [1.82, 2.24) is 9.78 Å². The Kier molecular flexibility index (Phi) is 3.99. The van der Waals surface area contributed by atoms with Gasteiger partial charge in [-0.3, -0.25) is 9.48 Å². The number of hydrogen-bond donors (Lipinski definition) is 1. The van der Waals surface area contributed by atoms with Crippen molar-refractivity contribution in [3.05, 3.63) is 31.5 Å². The lowest BCUT2D eigenvalue weighted by atomic mass is 9.96. The van der Waals surface area contributed by atoms with E-state index in [-0.39, 0.29) is 5.91 Å². The fourth-order valence-electron chi connectivity index (χ4n) is 2.55. The molecule has 2 heterocycles. The van der Waals surface area contributed by atoms with Gasteiger partial charge in [0, 0.05) is 18.1 Å². The quantitative estimate of drug-likeness (QED) is 0.771. The van der Waals surface area contributed by atoms with Gasteiger partial charge in [-0.25, -0.2) is 0 Å². The molecule has 0 saturated heterocycles. The van der Waals surface area contributed by atoms with E-state index in [1.54, 1.807) is 17.9 Å². The van der Waals surface area contributed by atoms with E-state index in [1.807, 2.05) is 0 Å². The van der Waals surface area contributed by atoms with Gasteiger partial charge in [0.2, 0.25) is 0 Å². The molecule has 1 aliphatic carbocycles. The van der Waals surface area contributed by atoms with Crippen LogP contribution in [0, 0.1) is 14.9 Å². The van der Waals surface area contributed by atoms with Crippen molar-refractivity contribution >= 4 is 44.8 Å². The highest BCUT2D eigenvalue weighted by molar-refractivity contribution is 14.1. The monoisotopic (exact) mass is 412 g/mol. The Morgan fingerprint density at radius 1 is 1.52 bits per heavy atom. The van der Waals surface area contributed by atoms with E-state index in [1.165, 1.54) is 16.2 Å². The summed E-state index contributed by atoms with van der Waals surface area (Å²) >= 11 is 3.62. The molecule has 21 heavy (non-hydrogen) atoms. The van der Waals surface area contributed by atoms with Crippen LogP contribution in [0.2, 0.25) is 0 Å². The third-order valence-corrected chi connectivity index (χ3v) is 5.51. The lowest BCUT2D eigenvalue weighted by Crippen LogP contribution is -2.14. The Hall–Kier alpha value is -1.40. The molecule has 5 nitrogen and oxygen atoms in total. The van der Waals surface area contributed by atoms with Crippen molar-refractivity contribution in [2.75, 3.05) is 5.32 Å². The van der Waals surface area contributed by atoms with Gasteiger partial charge in [0.15, 0.2) is 5.69 Å². The average molecular weight is 412 g/mol. The minimum atomic E-state index is -0.255. The number of nitrogens with zero attached hydrogens (tertiary/aromatic N) is 3. The lowest BCUT2D eigenvalue weighted by Gasteiger charge is -2.09. The summed E-state index contributed by atoms with van der Waals surface area (Å²) in [4.78, 5) is 13.6. The third-order valence-electron chi connectivity index (χ3n) is 3.51. The maximum absolute atomic E-state index is 12.3. The van der Waals surface area contributed by atoms with E-state index in [0.29, 0.717) is 16.3 Å². The van der Waals surface area contributed by atoms with E-state index in [9.17, 15) is 10.1 Å². The van der Waals surface area contributed by atoms with E-state index in [2.05, 4.69) is 39.1 Å². The minimum Gasteiger partial charge on any atom is -0.311 e. The number of carbonyl (C=O) groups is 1. The van der Waals surface area contributed by atoms with Gasteiger partial charge in [-0.1, -0.05) is 0 Å². The number of anilines is 1. The van der Waals surface area contributed by atoms with E-state index in [0.717, 1.165) is 34.8 Å². The zero-order valence-electron chi connectivity index (χ0n) is 11.4. The molecular formula is C14H13IN4OS. The van der Waals surface area contributed by atoms with Crippen LogP contribution in [0.25, 0.3) is 0 Å². The summed E-state index contributed by atoms with van der Waals surface area (Å²) in [5.74, 6) is -0.255. The van der Waals surface area contributed by atoms with Crippen molar-refractivity contribution in [3.63, 3.8) is 0 Å². The van der Waals surface area contributed by atoms with Crippen LogP contribution in [0.5, 0.6) is 0 Å². The number of rotatable bonds is 2. The first-order valence-corrected chi connectivity index (χ1v) is 8.55. The van der Waals surface area contributed by atoms with Gasteiger partial charge in [0.1, 0.15) is 11.1 Å². The lowest BCUT2D eigenvalue weighted by molar-refractivity contribution is 0.102. The standard InChI is InChI=1S/C14H13IN4OS/c1-19-7-10(15)12(18-19)13(20)17-14-9(6-16)8-4-2-3-5-11(8)21-14/h7H,2-5H2,1H3,(H,17,20). The summed E-state index contributed by atoms with van der Waals surface area (Å²) in [5, 5.41) is 17.1. The molecule has 1 aliphatic rings. The van der Waals surface area contributed by atoms with Crippen molar-refractivity contribution in [2.24, 2.45) is 7.05 Å². The first kappa shape index (κ1) is 14.5. The summed E-state index contributed by atoms with van der Waals surface area (Å²) in [6.45, 7) is 0. The van der Waals surface area contributed by atoms with Crippen molar-refractivity contribution < 1.29 is 4.79 Å². The summed E-state index contributed by atoms with van der Waals surface area (Å²) in [6, 6.07) is 2.25. The van der Waals surface area contributed by atoms with Crippen molar-refractivity contribution in [2.45, 2.75) is 25.7 Å². The first-order chi connectivity index (χ1) is 10.1. The van der Waals surface area contributed by atoms with Crippen LogP contribution >= 0.6 is 33.9 Å². The number of hydrogen-bond acceptors (Lipinski definition) is 4. The third kappa shape index (κ3) is 2.70. The summed E-state index contributed by atoms with van der Waals surface area (Å²) < 4.78 is 2.41. The van der Waals surface area contributed by atoms with Crippen molar-refractivity contribution in [1.29, 1.82) is 5.26 Å². The van der Waals surface area contributed by atoms with Crippen LogP contribution in [0.1, 0.15) is 39.3 Å². The zero-order chi connectivity index (χ0) is 15.0. The van der Waals surface area contributed by atoms with E-state index < -0.39 is 0 Å². The topological polar surface area (TPSA) is 70.7 Å². The van der Waals surface area contributed by atoms with E-state index >= 15 is 0 Å². The van der Waals surface area contributed by atoms with Gasteiger partial charge in [-0.15, -0.1) is 11.3 Å². The molecule has 1 amide bonds. The average Bonchev–Trinajstić information content (AvgIpc) is 2.97. The van der Waals surface area contributed by atoms with Crippen LogP contribution in [-0.2, 0) is 19.9 Å². The van der Waals surface area contributed by atoms with Crippen LogP contribution < -0.4 is 5.32 Å². The predicted molar refractivity (Wildman–Crippen MR) is 89.6 cm³/mol. The normalized spacial score (nSPS) is 13.6. The second-order valence-electron chi connectivity index (χ2n) is 4.98. The predicted octanol–water partition coefficient (Wildman–Crippen LogP) is 3.09. The molecule has 3 rings (SSSR count). The fourth-order valence-corrected chi connectivity index (χ4v) is 4.54. The largest absolute Gasteiger partial charge is 0.311 e. The number of aromatic nitrogens is 2. The summed E-state index contributed by atoms with van der Waals surface area (Å²) in [7, 11) is 1.78. The maximum Gasteiger partial charge on any atom is 0.277 e. The molecule has 7 heteroatoms. The second-order valence-corrected chi connectivity index (χ2v) is 7.25.